The van der Waals surface area contributed by atoms with Crippen LogP contribution in [0.1, 0.15) is 12.0 Å². The second-order valence-corrected chi connectivity index (χ2v) is 7.22. The molecular formula is C19H18ClN3O3. The number of carboxylic acid groups (broad SMARTS) is 1. The lowest BCUT2D eigenvalue weighted by Gasteiger charge is -2.23. The van der Waals surface area contributed by atoms with E-state index in [1.807, 2.05) is 36.4 Å². The standard InChI is InChI=1S/C19H18ClN3O3/c20-14-4-2-1-3-13(14)10-23-8-7-15(22-23)21-18(24)16-11-5-6-12(9-11)17(16)19(25)26/h1-8,11-12,16-17H,9-10H2,(H,25,26)(H,21,22,24)/t11-,12-,16+,17+/m0/s1. The van der Waals surface area contributed by atoms with E-state index in [-0.39, 0.29) is 17.7 Å². The van der Waals surface area contributed by atoms with Crippen LogP contribution in [0.25, 0.3) is 0 Å². The van der Waals surface area contributed by atoms with Crippen LogP contribution in [0, 0.1) is 23.7 Å². The summed E-state index contributed by atoms with van der Waals surface area (Å²) in [5, 5.41) is 17.3. The summed E-state index contributed by atoms with van der Waals surface area (Å²) in [5.41, 5.74) is 0.930. The number of rotatable bonds is 5. The average molecular weight is 372 g/mol. The third-order valence-electron chi connectivity index (χ3n) is 5.23. The first kappa shape index (κ1) is 16.8. The minimum Gasteiger partial charge on any atom is -0.481 e. The Morgan fingerprint density at radius 1 is 1.19 bits per heavy atom. The lowest BCUT2D eigenvalue weighted by molar-refractivity contribution is -0.146. The summed E-state index contributed by atoms with van der Waals surface area (Å²) in [6.45, 7) is 0.490. The monoisotopic (exact) mass is 371 g/mol. The maximum Gasteiger partial charge on any atom is 0.307 e. The largest absolute Gasteiger partial charge is 0.481 e. The highest BCUT2D eigenvalue weighted by molar-refractivity contribution is 6.31. The number of amides is 1. The van der Waals surface area contributed by atoms with Crippen molar-refractivity contribution in [2.75, 3.05) is 5.32 Å². The quantitative estimate of drug-likeness (QED) is 0.791. The predicted molar refractivity (Wildman–Crippen MR) is 96.8 cm³/mol. The smallest absolute Gasteiger partial charge is 0.307 e. The Balaban J connectivity index is 1.46. The van der Waals surface area contributed by atoms with Gasteiger partial charge >= 0.3 is 5.97 Å². The van der Waals surface area contributed by atoms with Crippen molar-refractivity contribution < 1.29 is 14.7 Å². The minimum absolute atomic E-state index is 0.00805. The van der Waals surface area contributed by atoms with E-state index in [9.17, 15) is 14.7 Å². The molecule has 2 aromatic rings. The van der Waals surface area contributed by atoms with Gasteiger partial charge in [-0.25, -0.2) is 0 Å². The van der Waals surface area contributed by atoms with Gasteiger partial charge in [-0.3, -0.25) is 14.3 Å². The Morgan fingerprint density at radius 2 is 1.92 bits per heavy atom. The number of carbonyl (C=O) groups excluding carboxylic acids is 1. The van der Waals surface area contributed by atoms with Gasteiger partial charge in [-0.2, -0.15) is 5.10 Å². The van der Waals surface area contributed by atoms with Crippen molar-refractivity contribution >= 4 is 29.3 Å². The van der Waals surface area contributed by atoms with E-state index in [1.54, 1.807) is 16.9 Å². The number of benzene rings is 1. The number of aromatic nitrogens is 2. The fourth-order valence-corrected chi connectivity index (χ4v) is 4.24. The minimum atomic E-state index is -0.911. The fraction of sp³-hybridized carbons (Fsp3) is 0.316. The summed E-state index contributed by atoms with van der Waals surface area (Å²) in [5.74, 6) is -2.04. The molecule has 2 N–H and O–H groups in total. The van der Waals surface area contributed by atoms with Crippen LogP contribution in [0.4, 0.5) is 5.82 Å². The van der Waals surface area contributed by atoms with E-state index < -0.39 is 17.8 Å². The Labute approximate surface area is 155 Å². The number of halogens is 1. The fourth-order valence-electron chi connectivity index (χ4n) is 4.04. The van der Waals surface area contributed by atoms with E-state index in [2.05, 4.69) is 10.4 Å². The molecule has 7 heteroatoms. The number of nitrogens with one attached hydrogen (secondary N) is 1. The maximum atomic E-state index is 12.7. The molecule has 1 saturated carbocycles. The molecule has 0 saturated heterocycles. The van der Waals surface area contributed by atoms with Crippen molar-refractivity contribution in [1.82, 2.24) is 9.78 Å². The molecule has 1 amide bonds. The van der Waals surface area contributed by atoms with Gasteiger partial charge in [0.05, 0.1) is 18.4 Å². The topological polar surface area (TPSA) is 84.2 Å². The zero-order valence-electron chi connectivity index (χ0n) is 13.9. The van der Waals surface area contributed by atoms with Crippen LogP contribution < -0.4 is 5.32 Å². The van der Waals surface area contributed by atoms with Gasteiger partial charge in [0.15, 0.2) is 5.82 Å². The van der Waals surface area contributed by atoms with Gasteiger partial charge in [-0.05, 0) is 29.9 Å². The van der Waals surface area contributed by atoms with Crippen molar-refractivity contribution in [3.05, 3.63) is 59.3 Å². The molecule has 0 spiro atoms. The normalized spacial score (nSPS) is 26.2. The predicted octanol–water partition coefficient (Wildman–Crippen LogP) is 3.05. The number of fused-ring (bicyclic) bond motifs is 2. The molecule has 0 unspecified atom stereocenters. The summed E-state index contributed by atoms with van der Waals surface area (Å²) in [6.07, 6.45) is 6.38. The maximum absolute atomic E-state index is 12.7. The van der Waals surface area contributed by atoms with E-state index in [0.29, 0.717) is 17.4 Å². The zero-order valence-corrected chi connectivity index (χ0v) is 14.6. The summed E-state index contributed by atoms with van der Waals surface area (Å²) < 4.78 is 1.69. The van der Waals surface area contributed by atoms with Crippen LogP contribution in [-0.2, 0) is 16.1 Å². The second-order valence-electron chi connectivity index (χ2n) is 6.82. The van der Waals surface area contributed by atoms with Crippen LogP contribution in [-0.4, -0.2) is 26.8 Å². The molecule has 1 heterocycles. The number of aliphatic carboxylic acids is 1. The Bertz CT molecular complexity index is 892. The SMILES string of the molecule is O=C(O)[C@H]1[C@H](C(=O)Nc2ccn(Cc3ccccc3Cl)n2)[C@H]2C=C[C@H]1C2. The molecule has 1 aromatic heterocycles. The second kappa shape index (κ2) is 6.61. The molecule has 2 bridgehead atoms. The molecule has 2 aliphatic rings. The molecular weight excluding hydrogens is 354 g/mol. The summed E-state index contributed by atoms with van der Waals surface area (Å²) in [7, 11) is 0. The van der Waals surface area contributed by atoms with Crippen molar-refractivity contribution in [3.63, 3.8) is 0 Å². The summed E-state index contributed by atoms with van der Waals surface area (Å²) in [4.78, 5) is 24.2. The van der Waals surface area contributed by atoms with E-state index in [4.69, 9.17) is 11.6 Å². The first-order chi connectivity index (χ1) is 12.5. The molecule has 1 aromatic carbocycles. The molecule has 6 nitrogen and oxygen atoms in total. The number of carboxylic acids is 1. The van der Waals surface area contributed by atoms with Crippen molar-refractivity contribution in [1.29, 1.82) is 0 Å². The first-order valence-corrected chi connectivity index (χ1v) is 8.89. The van der Waals surface area contributed by atoms with Crippen molar-refractivity contribution in [2.24, 2.45) is 23.7 Å². The zero-order chi connectivity index (χ0) is 18.3. The highest BCUT2D eigenvalue weighted by Gasteiger charge is 2.51. The molecule has 0 aliphatic heterocycles. The van der Waals surface area contributed by atoms with Crippen molar-refractivity contribution in [2.45, 2.75) is 13.0 Å². The number of carbonyl (C=O) groups is 2. The van der Waals surface area contributed by atoms with Gasteiger partial charge in [0, 0.05) is 17.3 Å². The van der Waals surface area contributed by atoms with Gasteiger partial charge in [-0.1, -0.05) is 42.0 Å². The van der Waals surface area contributed by atoms with Crippen LogP contribution in [0.2, 0.25) is 5.02 Å². The lowest BCUT2D eigenvalue weighted by atomic mass is 9.82. The number of nitrogens with zero attached hydrogens (tertiary/aromatic N) is 2. The highest BCUT2D eigenvalue weighted by Crippen LogP contribution is 2.48. The van der Waals surface area contributed by atoms with Gasteiger partial charge in [0.1, 0.15) is 0 Å². The molecule has 0 radical (unpaired) electrons. The third-order valence-corrected chi connectivity index (χ3v) is 5.60. The molecule has 4 rings (SSSR count). The van der Waals surface area contributed by atoms with Gasteiger partial charge in [-0.15, -0.1) is 0 Å². The Kier molecular flexibility index (Phi) is 4.28. The summed E-state index contributed by atoms with van der Waals surface area (Å²) in [6, 6.07) is 9.21. The molecule has 2 aliphatic carbocycles. The van der Waals surface area contributed by atoms with Crippen molar-refractivity contribution in [3.8, 4) is 0 Å². The van der Waals surface area contributed by atoms with Gasteiger partial charge in [0.25, 0.3) is 0 Å². The van der Waals surface area contributed by atoms with Gasteiger partial charge < -0.3 is 10.4 Å². The van der Waals surface area contributed by atoms with E-state index in [1.165, 1.54) is 0 Å². The molecule has 134 valence electrons. The number of hydrogen-bond acceptors (Lipinski definition) is 3. The lowest BCUT2D eigenvalue weighted by Crippen LogP contribution is -2.36. The number of allylic oxidation sites excluding steroid dienone is 2. The van der Waals surface area contributed by atoms with Gasteiger partial charge in [0.2, 0.25) is 5.91 Å². The first-order valence-electron chi connectivity index (χ1n) is 8.52. The average Bonchev–Trinajstić information content (AvgIpc) is 3.32. The van der Waals surface area contributed by atoms with E-state index in [0.717, 1.165) is 12.0 Å². The highest BCUT2D eigenvalue weighted by atomic mass is 35.5. The Hall–Kier alpha value is -2.60. The number of hydrogen-bond donors (Lipinski definition) is 2. The van der Waals surface area contributed by atoms with Crippen LogP contribution >= 0.6 is 11.6 Å². The van der Waals surface area contributed by atoms with Crippen LogP contribution in [0.3, 0.4) is 0 Å². The molecule has 4 atom stereocenters. The number of anilines is 1. The molecule has 26 heavy (non-hydrogen) atoms. The Morgan fingerprint density at radius 3 is 2.65 bits per heavy atom. The van der Waals surface area contributed by atoms with Crippen LogP contribution in [0.15, 0.2) is 48.7 Å². The molecule has 1 fully saturated rings. The van der Waals surface area contributed by atoms with Crippen LogP contribution in [0.5, 0.6) is 0 Å². The summed E-state index contributed by atoms with van der Waals surface area (Å²) >= 11 is 6.16. The third kappa shape index (κ3) is 3.01. The van der Waals surface area contributed by atoms with E-state index >= 15 is 0 Å².